The van der Waals surface area contributed by atoms with Crippen molar-refractivity contribution in [3.05, 3.63) is 44.8 Å². The van der Waals surface area contributed by atoms with Gasteiger partial charge in [-0.15, -0.1) is 11.3 Å². The molecule has 36 heavy (non-hydrogen) atoms. The molecule has 8 nitrogen and oxygen atoms in total. The monoisotopic (exact) mass is 531 g/mol. The van der Waals surface area contributed by atoms with Crippen molar-refractivity contribution in [2.45, 2.75) is 45.6 Å². The molecule has 1 atom stereocenters. The second kappa shape index (κ2) is 9.36. The summed E-state index contributed by atoms with van der Waals surface area (Å²) in [7, 11) is 3.95. The van der Waals surface area contributed by atoms with Crippen molar-refractivity contribution in [3.8, 4) is 0 Å². The molecule has 2 aliphatic rings. The number of carbonyl (C=O) groups excluding carboxylic acids is 3. The summed E-state index contributed by atoms with van der Waals surface area (Å²) in [6.45, 7) is 12.2. The van der Waals surface area contributed by atoms with Crippen molar-refractivity contribution in [2.75, 3.05) is 50.9 Å². The van der Waals surface area contributed by atoms with Crippen molar-refractivity contribution in [3.63, 3.8) is 0 Å². The van der Waals surface area contributed by atoms with E-state index >= 15 is 0 Å². The Morgan fingerprint density at radius 1 is 1.19 bits per heavy atom. The van der Waals surface area contributed by atoms with E-state index in [9.17, 15) is 14.4 Å². The number of fused-ring (bicyclic) bond motifs is 3. The predicted octanol–water partition coefficient (Wildman–Crippen LogP) is 4.73. The van der Waals surface area contributed by atoms with E-state index in [1.807, 2.05) is 49.9 Å². The van der Waals surface area contributed by atoms with Crippen molar-refractivity contribution in [1.82, 2.24) is 14.7 Å². The summed E-state index contributed by atoms with van der Waals surface area (Å²) in [5.41, 5.74) is 1.02. The van der Waals surface area contributed by atoms with Gasteiger partial charge in [-0.1, -0.05) is 44.5 Å². The van der Waals surface area contributed by atoms with Crippen LogP contribution in [0.15, 0.2) is 18.2 Å². The first kappa shape index (κ1) is 26.4. The summed E-state index contributed by atoms with van der Waals surface area (Å²) in [6, 6.07) is 4.91. The fourth-order valence-electron chi connectivity index (χ4n) is 4.90. The lowest BCUT2D eigenvalue weighted by Gasteiger charge is -2.45. The van der Waals surface area contributed by atoms with E-state index in [1.165, 1.54) is 11.3 Å². The summed E-state index contributed by atoms with van der Waals surface area (Å²) in [6.07, 6.45) is 0. The van der Waals surface area contributed by atoms with Crippen LogP contribution in [0, 0.1) is 6.92 Å². The molecule has 1 unspecified atom stereocenters. The minimum Gasteiger partial charge on any atom is -0.337 e. The van der Waals surface area contributed by atoms with Crippen molar-refractivity contribution in [1.29, 1.82) is 0 Å². The van der Waals surface area contributed by atoms with Gasteiger partial charge in [-0.3, -0.25) is 14.9 Å². The number of urea groups is 1. The lowest BCUT2D eigenvalue weighted by molar-refractivity contribution is -0.147. The van der Waals surface area contributed by atoms with Crippen LogP contribution in [0.5, 0.6) is 0 Å². The first-order valence-electron chi connectivity index (χ1n) is 12.0. The molecule has 10 heteroatoms. The van der Waals surface area contributed by atoms with Crippen LogP contribution in [0.1, 0.15) is 54.1 Å². The van der Waals surface area contributed by atoms with Gasteiger partial charge in [0.15, 0.2) is 0 Å². The second-order valence-corrected chi connectivity index (χ2v) is 12.3. The Labute approximate surface area is 221 Å². The second-order valence-electron chi connectivity index (χ2n) is 10.9. The fourth-order valence-corrected chi connectivity index (χ4v) is 6.42. The number of carbonyl (C=O) groups is 3. The molecule has 0 spiro atoms. The smallest absolute Gasteiger partial charge is 0.324 e. The molecule has 194 valence electrons. The van der Waals surface area contributed by atoms with Gasteiger partial charge in [0.25, 0.3) is 11.8 Å². The summed E-state index contributed by atoms with van der Waals surface area (Å²) in [5.74, 6) is -0.294. The number of hydrogen-bond donors (Lipinski definition) is 2. The highest BCUT2D eigenvalue weighted by Gasteiger charge is 2.59. The Morgan fingerprint density at radius 3 is 2.53 bits per heavy atom. The first-order valence-corrected chi connectivity index (χ1v) is 13.2. The Bertz CT molecular complexity index is 1230. The molecule has 0 saturated carbocycles. The molecule has 2 aliphatic heterocycles. The van der Waals surface area contributed by atoms with E-state index < -0.39 is 11.6 Å². The average Bonchev–Trinajstić information content (AvgIpc) is 3.27. The van der Waals surface area contributed by atoms with Gasteiger partial charge < -0.3 is 20.0 Å². The van der Waals surface area contributed by atoms with Crippen LogP contribution in [-0.2, 0) is 15.7 Å². The van der Waals surface area contributed by atoms with Crippen LogP contribution in [0.4, 0.5) is 15.5 Å². The molecule has 4 rings (SSSR count). The highest BCUT2D eigenvalue weighted by molar-refractivity contribution is 7.17. The maximum atomic E-state index is 13.9. The molecule has 1 aromatic carbocycles. The summed E-state index contributed by atoms with van der Waals surface area (Å²) in [5, 5.41) is 6.58. The number of likely N-dealkylation sites (N-methyl/N-ethyl adjacent to an activating group) is 1. The molecule has 0 bridgehead atoms. The number of halogens is 1. The van der Waals surface area contributed by atoms with E-state index in [4.69, 9.17) is 11.6 Å². The lowest BCUT2D eigenvalue weighted by atomic mass is 9.82. The third-order valence-electron chi connectivity index (χ3n) is 6.86. The van der Waals surface area contributed by atoms with Gasteiger partial charge in [0, 0.05) is 36.6 Å². The fraction of sp³-hybridized carbons (Fsp3) is 0.500. The van der Waals surface area contributed by atoms with Crippen LogP contribution in [0.2, 0.25) is 5.02 Å². The molecule has 3 heterocycles. The van der Waals surface area contributed by atoms with E-state index in [1.54, 1.807) is 11.0 Å². The highest BCUT2D eigenvalue weighted by Crippen LogP contribution is 2.53. The van der Waals surface area contributed by atoms with Crippen LogP contribution >= 0.6 is 22.9 Å². The highest BCUT2D eigenvalue weighted by atomic mass is 35.5. The zero-order valence-electron chi connectivity index (χ0n) is 21.9. The zero-order valence-corrected chi connectivity index (χ0v) is 23.5. The average molecular weight is 532 g/mol. The molecule has 1 aromatic heterocycles. The van der Waals surface area contributed by atoms with Crippen LogP contribution in [-0.4, -0.2) is 72.8 Å². The number of anilines is 2. The molecule has 2 N–H and O–H groups in total. The SMILES string of the molecule is Cc1cccc(NC(=O)Nc2sc(C(C)(C)C)c3c2C(=O)N2CCN(CCN(C)C)C(=O)C32C)c1Cl. The molecule has 2 aromatic rings. The third kappa shape index (κ3) is 4.37. The predicted molar refractivity (Wildman–Crippen MR) is 145 cm³/mol. The molecule has 1 saturated heterocycles. The van der Waals surface area contributed by atoms with Crippen LogP contribution < -0.4 is 10.6 Å². The number of rotatable bonds is 5. The van der Waals surface area contributed by atoms with Gasteiger partial charge in [-0.05, 0) is 45.0 Å². The van der Waals surface area contributed by atoms with Gasteiger partial charge in [-0.25, -0.2) is 4.79 Å². The van der Waals surface area contributed by atoms with E-state index in [0.717, 1.165) is 17.0 Å². The van der Waals surface area contributed by atoms with Gasteiger partial charge in [0.05, 0.1) is 16.3 Å². The summed E-state index contributed by atoms with van der Waals surface area (Å²) in [4.78, 5) is 47.1. The van der Waals surface area contributed by atoms with Crippen molar-refractivity contribution in [2.24, 2.45) is 0 Å². The number of thiophene rings is 1. The summed E-state index contributed by atoms with van der Waals surface area (Å²) >= 11 is 7.71. The van der Waals surface area contributed by atoms with Gasteiger partial charge in [-0.2, -0.15) is 0 Å². The Morgan fingerprint density at radius 2 is 1.89 bits per heavy atom. The summed E-state index contributed by atoms with van der Waals surface area (Å²) < 4.78 is 0. The van der Waals surface area contributed by atoms with E-state index in [-0.39, 0.29) is 17.2 Å². The standard InChI is InChI=1S/C26H34ClN5O3S/c1-15-9-8-10-16(19(15)27)28-24(35)29-21-17-18(20(36-21)25(2,3)4)26(5)23(34)31(12-11-30(6)7)13-14-32(26)22(17)33/h8-10H,11-14H2,1-7H3,(H2,28,29,35). The van der Waals surface area contributed by atoms with Crippen LogP contribution in [0.3, 0.4) is 0 Å². The normalized spacial score (nSPS) is 19.6. The quantitative estimate of drug-likeness (QED) is 0.584. The molecule has 1 fully saturated rings. The molecular formula is C26H34ClN5O3S. The third-order valence-corrected chi connectivity index (χ3v) is 8.89. The topological polar surface area (TPSA) is 85.0 Å². The maximum absolute atomic E-state index is 13.9. The maximum Gasteiger partial charge on any atom is 0.324 e. The first-order chi connectivity index (χ1) is 16.8. The van der Waals surface area contributed by atoms with Crippen molar-refractivity contribution >= 4 is 51.5 Å². The lowest BCUT2D eigenvalue weighted by Crippen LogP contribution is -2.62. The number of nitrogens with zero attached hydrogens (tertiary/aromatic N) is 3. The number of benzene rings is 1. The number of amides is 4. The molecule has 0 aliphatic carbocycles. The Hall–Kier alpha value is -2.62. The number of hydrogen-bond acceptors (Lipinski definition) is 5. The van der Waals surface area contributed by atoms with E-state index in [2.05, 4.69) is 31.4 Å². The van der Waals surface area contributed by atoms with Gasteiger partial charge in [0.2, 0.25) is 0 Å². The molecular weight excluding hydrogens is 498 g/mol. The largest absolute Gasteiger partial charge is 0.337 e. The zero-order chi connectivity index (χ0) is 26.6. The van der Waals surface area contributed by atoms with E-state index in [0.29, 0.717) is 46.5 Å². The Balaban J connectivity index is 1.73. The Kier molecular flexibility index (Phi) is 6.87. The molecule has 0 radical (unpaired) electrons. The number of aryl methyl sites for hydroxylation is 1. The van der Waals surface area contributed by atoms with Gasteiger partial charge >= 0.3 is 6.03 Å². The van der Waals surface area contributed by atoms with Crippen LogP contribution in [0.25, 0.3) is 0 Å². The number of nitrogens with one attached hydrogen (secondary N) is 2. The van der Waals surface area contributed by atoms with Crippen molar-refractivity contribution < 1.29 is 14.4 Å². The minimum absolute atomic E-state index is 0.0754. The molecule has 4 amide bonds. The number of piperazine rings is 1. The van der Waals surface area contributed by atoms with Gasteiger partial charge in [0.1, 0.15) is 10.5 Å². The minimum atomic E-state index is -1.10.